The molecule has 0 spiro atoms. The number of hydrogen-bond donors (Lipinski definition) is 0. The van der Waals surface area contributed by atoms with Crippen LogP contribution in [0.1, 0.15) is 38.5 Å². The zero-order valence-electron chi connectivity index (χ0n) is 13.5. The first-order valence-corrected chi connectivity index (χ1v) is 9.95. The molecule has 28 heavy (non-hydrogen) atoms. The van der Waals surface area contributed by atoms with Crippen molar-refractivity contribution in [1.82, 2.24) is 0 Å². The van der Waals surface area contributed by atoms with Gasteiger partial charge >= 0.3 is 24.4 Å². The molecule has 0 fully saturated rings. The Morgan fingerprint density at radius 3 is 0.679 bits per heavy atom. The van der Waals surface area contributed by atoms with Crippen LogP contribution >= 0.6 is 104 Å². The molecular formula is C12H12Cl9O6Sb. The molecule has 0 N–H and O–H groups in total. The number of carbonyl (C=O) groups is 3. The van der Waals surface area contributed by atoms with E-state index < -0.39 is 29.3 Å². The van der Waals surface area contributed by atoms with Crippen LogP contribution in [0, 0.1) is 0 Å². The fourth-order valence-electron chi connectivity index (χ4n) is 0.731. The van der Waals surface area contributed by atoms with Crippen molar-refractivity contribution in [2.75, 3.05) is 0 Å². The molecule has 0 aromatic carbocycles. The Bertz CT molecular complexity index is 393. The van der Waals surface area contributed by atoms with Crippen molar-refractivity contribution in [1.29, 1.82) is 0 Å². The number of halogens is 9. The van der Waals surface area contributed by atoms with Gasteiger partial charge in [0.05, 0.1) is 0 Å². The fraction of sp³-hybridized carbons (Fsp3) is 0.750. The molecule has 2 radical (unpaired) electrons. The van der Waals surface area contributed by atoms with Crippen molar-refractivity contribution in [3.8, 4) is 0 Å². The van der Waals surface area contributed by atoms with E-state index in [1.54, 1.807) is 0 Å². The van der Waals surface area contributed by atoms with Gasteiger partial charge in [-0.25, -0.2) is 0 Å². The van der Waals surface area contributed by atoms with Crippen molar-refractivity contribution in [3.63, 3.8) is 0 Å². The third-order valence-corrected chi connectivity index (χ3v) is 3.54. The summed E-state index contributed by atoms with van der Waals surface area (Å²) in [4.78, 5) is 29.3. The fourth-order valence-corrected chi connectivity index (χ4v) is 1.58. The summed E-state index contributed by atoms with van der Waals surface area (Å²) in [5.41, 5.74) is 0. The first-order chi connectivity index (χ1) is 11.7. The molecule has 0 saturated heterocycles. The first-order valence-electron chi connectivity index (χ1n) is 6.55. The zero-order valence-corrected chi connectivity index (χ0v) is 22.9. The molecule has 0 aliphatic heterocycles. The number of carboxylic acids is 3. The number of rotatable bonds is 6. The molecule has 0 rings (SSSR count). The number of aliphatic carboxylic acids is 3. The zero-order chi connectivity index (χ0) is 22.5. The summed E-state index contributed by atoms with van der Waals surface area (Å²) >= 11 is 47.0. The van der Waals surface area contributed by atoms with Gasteiger partial charge in [-0.15, -0.1) is 0 Å². The van der Waals surface area contributed by atoms with Crippen molar-refractivity contribution < 1.29 is 29.7 Å². The van der Waals surface area contributed by atoms with Crippen LogP contribution in [0.4, 0.5) is 0 Å². The Kier molecular flexibility index (Phi) is 24.4. The second kappa shape index (κ2) is 18.4. The van der Waals surface area contributed by atoms with Gasteiger partial charge in [-0.1, -0.05) is 104 Å². The van der Waals surface area contributed by atoms with Gasteiger partial charge in [0.1, 0.15) is 0 Å². The molecule has 16 heteroatoms. The van der Waals surface area contributed by atoms with E-state index in [9.17, 15) is 29.7 Å². The molecular weight excluding hydrogens is 681 g/mol. The van der Waals surface area contributed by atoms with Gasteiger partial charge in [0, 0.05) is 17.9 Å². The summed E-state index contributed by atoms with van der Waals surface area (Å²) < 4.78 is -4.42. The molecule has 0 heterocycles. The normalized spacial score (nSPS) is 11.0. The van der Waals surface area contributed by atoms with Crippen LogP contribution < -0.4 is 15.3 Å². The minimum atomic E-state index is -1.47. The maximum atomic E-state index is 9.76. The Hall–Kier alpha value is 1.84. The average molecular weight is 693 g/mol. The number of carbonyl (C=O) groups excluding carboxylic acids is 3. The molecule has 0 unspecified atom stereocenters. The van der Waals surface area contributed by atoms with Crippen LogP contribution in [-0.2, 0) is 14.4 Å². The van der Waals surface area contributed by atoms with Crippen LogP contribution in [-0.4, -0.2) is 53.7 Å². The molecule has 0 bridgehead atoms. The van der Waals surface area contributed by atoms with Gasteiger partial charge in [0.15, 0.2) is 11.4 Å². The largest absolute Gasteiger partial charge is 3.00 e. The van der Waals surface area contributed by atoms with Crippen LogP contribution in [0.2, 0.25) is 0 Å². The molecule has 0 atom stereocenters. The third-order valence-electron chi connectivity index (χ3n) is 1.84. The van der Waals surface area contributed by atoms with Gasteiger partial charge in [-0.3, -0.25) is 0 Å². The number of hydrogen-bond acceptors (Lipinski definition) is 6. The minimum absolute atomic E-state index is 0. The summed E-state index contributed by atoms with van der Waals surface area (Å²) in [5, 5.41) is 29.3. The van der Waals surface area contributed by atoms with Crippen molar-refractivity contribution >= 4 is 147 Å². The third kappa shape index (κ3) is 50.9. The van der Waals surface area contributed by atoms with Gasteiger partial charge in [-0.05, 0) is 38.5 Å². The predicted molar refractivity (Wildman–Crippen MR) is 109 cm³/mol. The molecule has 0 amide bonds. The smallest absolute Gasteiger partial charge is 0.550 e. The van der Waals surface area contributed by atoms with Crippen LogP contribution in [0.15, 0.2) is 0 Å². The van der Waals surface area contributed by atoms with Crippen molar-refractivity contribution in [2.45, 2.75) is 49.9 Å². The van der Waals surface area contributed by atoms with E-state index in [-0.39, 0.29) is 63.0 Å². The van der Waals surface area contributed by atoms with Gasteiger partial charge in [-0.2, -0.15) is 0 Å². The Morgan fingerprint density at radius 1 is 0.500 bits per heavy atom. The Labute approximate surface area is 224 Å². The average Bonchev–Trinajstić information content (AvgIpc) is 2.40. The number of carboxylic acid groups (broad SMARTS) is 3. The van der Waals surface area contributed by atoms with E-state index in [0.29, 0.717) is 0 Å². The topological polar surface area (TPSA) is 120 Å². The molecule has 6 nitrogen and oxygen atoms in total. The van der Waals surface area contributed by atoms with E-state index in [1.165, 1.54) is 0 Å². The van der Waals surface area contributed by atoms with Gasteiger partial charge in [0.2, 0.25) is 0 Å². The van der Waals surface area contributed by atoms with Gasteiger partial charge in [0.25, 0.3) is 0 Å². The van der Waals surface area contributed by atoms with Crippen molar-refractivity contribution in [3.05, 3.63) is 0 Å². The maximum Gasteiger partial charge on any atom is 3.00 e. The van der Waals surface area contributed by atoms with Crippen LogP contribution in [0.5, 0.6) is 0 Å². The van der Waals surface area contributed by atoms with E-state index in [1.807, 2.05) is 0 Å². The summed E-state index contributed by atoms with van der Waals surface area (Å²) in [6.07, 6.45) is -0.719. The molecule has 0 saturated carbocycles. The SMILES string of the molecule is O=C([O-])CCC(Cl)(Cl)Cl.O=C([O-])CCC(Cl)(Cl)Cl.O=C([O-])CCC(Cl)(Cl)Cl.[Sb+3]. The molecule has 164 valence electrons. The standard InChI is InChI=1S/3C4H5Cl3O2.Sb/c3*5-4(6,7)2-1-3(8)9;/h3*1-2H2,(H,8,9);/q;;;+3/p-3. The van der Waals surface area contributed by atoms with Crippen molar-refractivity contribution in [2.24, 2.45) is 0 Å². The molecule has 0 aromatic rings. The van der Waals surface area contributed by atoms with Crippen LogP contribution in [0.25, 0.3) is 0 Å². The Balaban J connectivity index is -0.000000152. The number of alkyl halides is 9. The quantitative estimate of drug-likeness (QED) is 0.311. The molecule has 0 aromatic heterocycles. The minimum Gasteiger partial charge on any atom is -0.550 e. The van der Waals surface area contributed by atoms with E-state index >= 15 is 0 Å². The summed E-state index contributed by atoms with van der Waals surface area (Å²) in [5.74, 6) is -3.62. The van der Waals surface area contributed by atoms with E-state index in [4.69, 9.17) is 104 Å². The van der Waals surface area contributed by atoms with E-state index in [2.05, 4.69) is 0 Å². The van der Waals surface area contributed by atoms with Gasteiger partial charge < -0.3 is 29.7 Å². The van der Waals surface area contributed by atoms with E-state index in [0.717, 1.165) is 0 Å². The molecule has 0 aliphatic rings. The summed E-state index contributed by atoms with van der Waals surface area (Å²) in [6, 6.07) is 0. The first kappa shape index (κ1) is 37.2. The summed E-state index contributed by atoms with van der Waals surface area (Å²) in [6.45, 7) is 0. The van der Waals surface area contributed by atoms with Crippen LogP contribution in [0.3, 0.4) is 0 Å². The molecule has 0 aliphatic carbocycles. The second-order valence-electron chi connectivity index (χ2n) is 4.46. The monoisotopic (exact) mass is 688 g/mol. The predicted octanol–water partition coefficient (Wildman–Crippen LogP) is 2.28. The second-order valence-corrected chi connectivity index (χ2v) is 12.0. The Morgan fingerprint density at radius 2 is 0.643 bits per heavy atom. The maximum absolute atomic E-state index is 9.76. The summed E-state index contributed by atoms with van der Waals surface area (Å²) in [7, 11) is 0.